The molecule has 1 aromatic rings. The molecule has 1 aliphatic carbocycles. The number of benzene rings is 1. The number of likely N-dealkylation sites (tertiary alicyclic amines) is 1. The van der Waals surface area contributed by atoms with E-state index in [-0.39, 0.29) is 0 Å². The molecule has 0 spiro atoms. The Morgan fingerprint density at radius 3 is 2.57 bits per heavy atom. The normalized spacial score (nSPS) is 27.5. The summed E-state index contributed by atoms with van der Waals surface area (Å²) < 4.78 is 0. The number of nitrogens with one attached hydrogen (secondary N) is 1. The van der Waals surface area contributed by atoms with Crippen LogP contribution in [0.1, 0.15) is 62.1 Å². The van der Waals surface area contributed by atoms with Gasteiger partial charge in [0.15, 0.2) is 0 Å². The Balaban J connectivity index is 1.90. The molecule has 0 bridgehead atoms. The maximum absolute atomic E-state index is 3.60. The highest BCUT2D eigenvalue weighted by Gasteiger charge is 2.33. The number of nitrogens with zero attached hydrogens (tertiary/aromatic N) is 1. The van der Waals surface area contributed by atoms with Gasteiger partial charge in [-0.05, 0) is 75.3 Å². The number of hydrogen-bond donors (Lipinski definition) is 1. The lowest BCUT2D eigenvalue weighted by atomic mass is 9.85. The Morgan fingerprint density at radius 1 is 1.10 bits per heavy atom. The summed E-state index contributed by atoms with van der Waals surface area (Å²) in [6.07, 6.45) is 6.88. The first kappa shape index (κ1) is 15.1. The van der Waals surface area contributed by atoms with Crippen molar-refractivity contribution in [2.45, 2.75) is 51.0 Å². The second-order valence-corrected chi connectivity index (χ2v) is 6.89. The van der Waals surface area contributed by atoms with Crippen LogP contribution in [0, 0.1) is 5.92 Å². The lowest BCUT2D eigenvalue weighted by Gasteiger charge is -2.34. The Hall–Kier alpha value is -0.860. The minimum Gasteiger partial charge on any atom is -0.317 e. The van der Waals surface area contributed by atoms with Crippen LogP contribution in [0.4, 0.5) is 0 Å². The first-order chi connectivity index (χ1) is 10.3. The van der Waals surface area contributed by atoms with Gasteiger partial charge in [0, 0.05) is 6.04 Å². The summed E-state index contributed by atoms with van der Waals surface area (Å²) in [5.41, 5.74) is 3.25. The summed E-state index contributed by atoms with van der Waals surface area (Å²) in [7, 11) is 2.33. The molecule has 1 saturated carbocycles. The van der Waals surface area contributed by atoms with Gasteiger partial charge in [0.25, 0.3) is 0 Å². The van der Waals surface area contributed by atoms with E-state index in [0.29, 0.717) is 6.04 Å². The summed E-state index contributed by atoms with van der Waals surface area (Å²) in [5.74, 6) is 1.59. The van der Waals surface area contributed by atoms with E-state index in [4.69, 9.17) is 0 Å². The van der Waals surface area contributed by atoms with E-state index in [2.05, 4.69) is 48.5 Å². The zero-order valence-corrected chi connectivity index (χ0v) is 13.6. The van der Waals surface area contributed by atoms with E-state index in [0.717, 1.165) is 24.9 Å². The van der Waals surface area contributed by atoms with E-state index in [1.165, 1.54) is 38.6 Å². The van der Waals surface area contributed by atoms with Crippen LogP contribution in [0.15, 0.2) is 24.3 Å². The van der Waals surface area contributed by atoms with Crippen molar-refractivity contribution in [3.05, 3.63) is 35.4 Å². The van der Waals surface area contributed by atoms with Gasteiger partial charge in [-0.1, -0.05) is 37.6 Å². The third kappa shape index (κ3) is 3.49. The SMILES string of the molecule is CCNCC1CCCCN(C)C1c1ccccc1C1CC1. The quantitative estimate of drug-likeness (QED) is 0.882. The van der Waals surface area contributed by atoms with Crippen LogP contribution < -0.4 is 5.32 Å². The summed E-state index contributed by atoms with van der Waals surface area (Å²) in [6.45, 7) is 5.70. The Morgan fingerprint density at radius 2 is 1.86 bits per heavy atom. The lowest BCUT2D eigenvalue weighted by molar-refractivity contribution is 0.188. The van der Waals surface area contributed by atoms with Crippen molar-refractivity contribution in [1.82, 2.24) is 10.2 Å². The minimum absolute atomic E-state index is 0.600. The van der Waals surface area contributed by atoms with Crippen LogP contribution in [0.5, 0.6) is 0 Å². The zero-order chi connectivity index (χ0) is 14.7. The Bertz CT molecular complexity index is 453. The summed E-state index contributed by atoms with van der Waals surface area (Å²) in [5, 5.41) is 3.60. The zero-order valence-electron chi connectivity index (χ0n) is 13.6. The smallest absolute Gasteiger partial charge is 0.0388 e. The van der Waals surface area contributed by atoms with Crippen LogP contribution in [0.3, 0.4) is 0 Å². The lowest BCUT2D eigenvalue weighted by Crippen LogP contribution is -2.35. The number of rotatable bonds is 5. The molecule has 116 valence electrons. The monoisotopic (exact) mass is 286 g/mol. The van der Waals surface area contributed by atoms with Crippen LogP contribution in [-0.4, -0.2) is 31.6 Å². The largest absolute Gasteiger partial charge is 0.317 e. The first-order valence-electron chi connectivity index (χ1n) is 8.81. The standard InChI is InChI=1S/C19H30N2/c1-3-20-14-16-8-6-7-13-21(2)19(16)18-10-5-4-9-17(18)15-11-12-15/h4-5,9-10,15-16,19-20H,3,6-8,11-14H2,1-2H3. The first-order valence-corrected chi connectivity index (χ1v) is 8.81. The van der Waals surface area contributed by atoms with Gasteiger partial charge in [-0.25, -0.2) is 0 Å². The van der Waals surface area contributed by atoms with Crippen molar-refractivity contribution in [1.29, 1.82) is 0 Å². The van der Waals surface area contributed by atoms with E-state index >= 15 is 0 Å². The minimum atomic E-state index is 0.600. The molecule has 2 fully saturated rings. The topological polar surface area (TPSA) is 15.3 Å². The van der Waals surface area contributed by atoms with Crippen LogP contribution in [-0.2, 0) is 0 Å². The van der Waals surface area contributed by atoms with E-state index in [1.807, 2.05) is 0 Å². The molecule has 1 heterocycles. The van der Waals surface area contributed by atoms with E-state index < -0.39 is 0 Å². The van der Waals surface area contributed by atoms with Crippen molar-refractivity contribution < 1.29 is 0 Å². The molecular weight excluding hydrogens is 256 g/mol. The predicted molar refractivity (Wildman–Crippen MR) is 89.7 cm³/mol. The van der Waals surface area contributed by atoms with Crippen LogP contribution >= 0.6 is 0 Å². The van der Waals surface area contributed by atoms with Gasteiger partial charge >= 0.3 is 0 Å². The Labute approximate surface area is 129 Å². The molecule has 1 saturated heterocycles. The van der Waals surface area contributed by atoms with Gasteiger partial charge in [0.1, 0.15) is 0 Å². The van der Waals surface area contributed by atoms with Crippen molar-refractivity contribution in [2.75, 3.05) is 26.7 Å². The maximum Gasteiger partial charge on any atom is 0.0388 e. The van der Waals surface area contributed by atoms with Gasteiger partial charge in [0.05, 0.1) is 0 Å². The fourth-order valence-electron chi connectivity index (χ4n) is 4.01. The molecule has 0 aromatic heterocycles. The van der Waals surface area contributed by atoms with E-state index in [1.54, 1.807) is 11.1 Å². The van der Waals surface area contributed by atoms with Gasteiger partial charge in [-0.3, -0.25) is 4.90 Å². The van der Waals surface area contributed by atoms with Gasteiger partial charge in [-0.15, -0.1) is 0 Å². The summed E-state index contributed by atoms with van der Waals surface area (Å²) in [6, 6.07) is 9.86. The molecule has 2 heteroatoms. The van der Waals surface area contributed by atoms with Crippen molar-refractivity contribution in [2.24, 2.45) is 5.92 Å². The average molecular weight is 286 g/mol. The fraction of sp³-hybridized carbons (Fsp3) is 0.684. The molecule has 3 rings (SSSR count). The van der Waals surface area contributed by atoms with Gasteiger partial charge in [-0.2, -0.15) is 0 Å². The molecule has 21 heavy (non-hydrogen) atoms. The average Bonchev–Trinajstić information content (AvgIpc) is 3.33. The fourth-order valence-corrected chi connectivity index (χ4v) is 4.01. The van der Waals surface area contributed by atoms with Crippen LogP contribution in [0.2, 0.25) is 0 Å². The molecule has 0 amide bonds. The highest BCUT2D eigenvalue weighted by Crippen LogP contribution is 2.45. The third-order valence-electron chi connectivity index (χ3n) is 5.25. The molecule has 1 aliphatic heterocycles. The molecule has 2 aliphatic rings. The highest BCUT2D eigenvalue weighted by molar-refractivity contribution is 5.36. The molecule has 2 nitrogen and oxygen atoms in total. The van der Waals surface area contributed by atoms with Crippen molar-refractivity contribution >= 4 is 0 Å². The second-order valence-electron chi connectivity index (χ2n) is 6.89. The highest BCUT2D eigenvalue weighted by atomic mass is 15.1. The molecule has 2 atom stereocenters. The van der Waals surface area contributed by atoms with E-state index in [9.17, 15) is 0 Å². The molecular formula is C19H30N2. The van der Waals surface area contributed by atoms with Gasteiger partial charge in [0.2, 0.25) is 0 Å². The van der Waals surface area contributed by atoms with Crippen molar-refractivity contribution in [3.63, 3.8) is 0 Å². The van der Waals surface area contributed by atoms with Gasteiger partial charge < -0.3 is 5.32 Å². The van der Waals surface area contributed by atoms with Crippen molar-refractivity contribution in [3.8, 4) is 0 Å². The summed E-state index contributed by atoms with van der Waals surface area (Å²) >= 11 is 0. The maximum atomic E-state index is 3.60. The second kappa shape index (κ2) is 6.93. The third-order valence-corrected chi connectivity index (χ3v) is 5.25. The van der Waals surface area contributed by atoms with Crippen LogP contribution in [0.25, 0.3) is 0 Å². The molecule has 1 N–H and O–H groups in total. The number of hydrogen-bond acceptors (Lipinski definition) is 2. The predicted octanol–water partition coefficient (Wildman–Crippen LogP) is 3.95. The summed E-state index contributed by atoms with van der Waals surface area (Å²) in [4.78, 5) is 2.62. The Kier molecular flexibility index (Phi) is 4.97. The molecule has 2 unspecified atom stereocenters. The molecule has 1 aromatic carbocycles. The molecule has 0 radical (unpaired) electrons.